The highest BCUT2D eigenvalue weighted by atomic mass is 16.5. The molecule has 21 heavy (non-hydrogen) atoms. The van der Waals surface area contributed by atoms with Gasteiger partial charge in [0.05, 0.1) is 12.8 Å². The Labute approximate surface area is 125 Å². The van der Waals surface area contributed by atoms with E-state index in [4.69, 9.17) is 4.74 Å². The van der Waals surface area contributed by atoms with E-state index in [0.717, 1.165) is 25.2 Å². The summed E-state index contributed by atoms with van der Waals surface area (Å²) in [7, 11) is 2.05. The molecule has 0 saturated heterocycles. The molecule has 0 spiro atoms. The zero-order valence-electron chi connectivity index (χ0n) is 12.4. The van der Waals surface area contributed by atoms with Crippen LogP contribution in [0.1, 0.15) is 48.2 Å². The number of hydrogen-bond acceptors (Lipinski definition) is 3. The summed E-state index contributed by atoms with van der Waals surface area (Å²) in [5.74, 6) is 1.03. The van der Waals surface area contributed by atoms with E-state index in [0.29, 0.717) is 12.1 Å². The van der Waals surface area contributed by atoms with Crippen LogP contribution in [0.15, 0.2) is 30.5 Å². The Morgan fingerprint density at radius 2 is 2.05 bits per heavy atom. The Hall–Kier alpha value is -1.81. The normalized spacial score (nSPS) is 24.0. The number of nitrogens with zero attached hydrogens (tertiary/aromatic N) is 2. The highest BCUT2D eigenvalue weighted by molar-refractivity contribution is 5.38. The number of nitrogens with one attached hydrogen (secondary N) is 1. The van der Waals surface area contributed by atoms with Crippen LogP contribution in [0.2, 0.25) is 0 Å². The smallest absolute Gasteiger partial charge is 0.124 e. The zero-order valence-corrected chi connectivity index (χ0v) is 12.4. The maximum atomic E-state index is 5.76. The molecule has 2 aromatic rings. The standard InChI is InChI=1S/C17H21N3O/c1-20-16-7-4-6-14(13(16)11-18-20)19-15-9-10-21-17-8-3-2-5-12(15)17/h2-3,5,8,11,14-15,19H,4,6-7,9-10H2,1H3. The molecule has 1 aromatic carbocycles. The molecule has 4 rings (SSSR count). The molecule has 1 aromatic heterocycles. The fourth-order valence-electron chi connectivity index (χ4n) is 3.64. The molecule has 2 atom stereocenters. The van der Waals surface area contributed by atoms with E-state index >= 15 is 0 Å². The Morgan fingerprint density at radius 3 is 3.00 bits per heavy atom. The van der Waals surface area contributed by atoms with Crippen molar-refractivity contribution in [3.05, 3.63) is 47.3 Å². The predicted octanol–water partition coefficient (Wildman–Crippen LogP) is 2.91. The summed E-state index contributed by atoms with van der Waals surface area (Å²) in [6.07, 6.45) is 6.64. The van der Waals surface area contributed by atoms with Crippen molar-refractivity contribution in [1.29, 1.82) is 0 Å². The van der Waals surface area contributed by atoms with Crippen LogP contribution in [0.25, 0.3) is 0 Å². The van der Waals surface area contributed by atoms with Crippen molar-refractivity contribution >= 4 is 0 Å². The van der Waals surface area contributed by atoms with E-state index in [2.05, 4.69) is 28.6 Å². The average molecular weight is 283 g/mol. The first kappa shape index (κ1) is 12.9. The molecule has 0 bridgehead atoms. The molecule has 4 heteroatoms. The second-order valence-electron chi connectivity index (χ2n) is 6.01. The largest absolute Gasteiger partial charge is 0.493 e. The third-order valence-electron chi connectivity index (χ3n) is 4.74. The van der Waals surface area contributed by atoms with E-state index in [1.807, 2.05) is 24.0 Å². The van der Waals surface area contributed by atoms with Crippen LogP contribution >= 0.6 is 0 Å². The molecule has 0 saturated carbocycles. The number of fused-ring (bicyclic) bond motifs is 2. The van der Waals surface area contributed by atoms with E-state index in [-0.39, 0.29) is 0 Å². The summed E-state index contributed by atoms with van der Waals surface area (Å²) < 4.78 is 7.79. The van der Waals surface area contributed by atoms with Crippen LogP contribution in [0.4, 0.5) is 0 Å². The Balaban J connectivity index is 1.61. The SMILES string of the molecule is Cn1ncc2c1CCCC2NC1CCOc2ccccc21. The fourth-order valence-corrected chi connectivity index (χ4v) is 3.64. The summed E-state index contributed by atoms with van der Waals surface area (Å²) in [4.78, 5) is 0. The number of benzene rings is 1. The predicted molar refractivity (Wildman–Crippen MR) is 81.3 cm³/mol. The molecule has 0 radical (unpaired) electrons. The molecule has 4 nitrogen and oxygen atoms in total. The number of aromatic nitrogens is 2. The van der Waals surface area contributed by atoms with Gasteiger partial charge in [-0.1, -0.05) is 18.2 Å². The highest BCUT2D eigenvalue weighted by Gasteiger charge is 2.28. The molecular formula is C17H21N3O. The topological polar surface area (TPSA) is 39.1 Å². The van der Waals surface area contributed by atoms with Crippen molar-refractivity contribution in [3.8, 4) is 5.75 Å². The van der Waals surface area contributed by atoms with Crippen LogP contribution in [-0.2, 0) is 13.5 Å². The Kier molecular flexibility index (Phi) is 3.19. The van der Waals surface area contributed by atoms with E-state index in [9.17, 15) is 0 Å². The van der Waals surface area contributed by atoms with Crippen molar-refractivity contribution < 1.29 is 4.74 Å². The number of para-hydroxylation sites is 1. The minimum Gasteiger partial charge on any atom is -0.493 e. The summed E-state index contributed by atoms with van der Waals surface area (Å²) >= 11 is 0. The van der Waals surface area contributed by atoms with Crippen molar-refractivity contribution in [2.24, 2.45) is 7.05 Å². The molecule has 1 N–H and O–H groups in total. The average Bonchev–Trinajstić information content (AvgIpc) is 2.90. The van der Waals surface area contributed by atoms with Gasteiger partial charge >= 0.3 is 0 Å². The molecular weight excluding hydrogens is 262 g/mol. The lowest BCUT2D eigenvalue weighted by Crippen LogP contribution is -2.32. The number of ether oxygens (including phenoxy) is 1. The Morgan fingerprint density at radius 1 is 1.19 bits per heavy atom. The van der Waals surface area contributed by atoms with Gasteiger partial charge in [0.1, 0.15) is 5.75 Å². The number of rotatable bonds is 2. The van der Waals surface area contributed by atoms with Gasteiger partial charge in [0, 0.05) is 42.4 Å². The third kappa shape index (κ3) is 2.23. The molecule has 2 aliphatic rings. The molecule has 2 unspecified atom stereocenters. The van der Waals surface area contributed by atoms with Crippen LogP contribution in [-0.4, -0.2) is 16.4 Å². The monoisotopic (exact) mass is 283 g/mol. The number of hydrogen-bond donors (Lipinski definition) is 1. The molecule has 1 aliphatic carbocycles. The summed E-state index contributed by atoms with van der Waals surface area (Å²) in [5, 5.41) is 8.29. The van der Waals surface area contributed by atoms with E-state index in [1.165, 1.54) is 29.7 Å². The molecule has 110 valence electrons. The van der Waals surface area contributed by atoms with Gasteiger partial charge in [-0.3, -0.25) is 4.68 Å². The van der Waals surface area contributed by atoms with Gasteiger partial charge in [0.15, 0.2) is 0 Å². The number of aryl methyl sites for hydroxylation is 1. The van der Waals surface area contributed by atoms with Crippen molar-refractivity contribution in [1.82, 2.24) is 15.1 Å². The van der Waals surface area contributed by atoms with Gasteiger partial charge in [0.2, 0.25) is 0 Å². The Bertz CT molecular complexity index is 649. The maximum Gasteiger partial charge on any atom is 0.124 e. The first-order valence-electron chi connectivity index (χ1n) is 7.81. The van der Waals surface area contributed by atoms with Crippen molar-refractivity contribution in [2.45, 2.75) is 37.8 Å². The maximum absolute atomic E-state index is 5.76. The zero-order chi connectivity index (χ0) is 14.2. The lowest BCUT2D eigenvalue weighted by molar-refractivity contribution is 0.240. The second kappa shape index (κ2) is 5.19. The van der Waals surface area contributed by atoms with Gasteiger partial charge in [-0.15, -0.1) is 0 Å². The second-order valence-corrected chi connectivity index (χ2v) is 6.01. The quantitative estimate of drug-likeness (QED) is 0.921. The molecule has 0 amide bonds. The minimum absolute atomic E-state index is 0.381. The van der Waals surface area contributed by atoms with E-state index < -0.39 is 0 Å². The molecule has 0 fully saturated rings. The van der Waals surface area contributed by atoms with E-state index in [1.54, 1.807) is 0 Å². The van der Waals surface area contributed by atoms with Crippen LogP contribution in [0, 0.1) is 0 Å². The van der Waals surface area contributed by atoms with Gasteiger partial charge in [-0.25, -0.2) is 0 Å². The molecule has 1 aliphatic heterocycles. The van der Waals surface area contributed by atoms with Gasteiger partial charge in [-0.05, 0) is 25.3 Å². The van der Waals surface area contributed by atoms with Crippen molar-refractivity contribution in [3.63, 3.8) is 0 Å². The summed E-state index contributed by atoms with van der Waals surface area (Å²) in [6.45, 7) is 0.793. The van der Waals surface area contributed by atoms with Crippen LogP contribution in [0.3, 0.4) is 0 Å². The first-order valence-corrected chi connectivity index (χ1v) is 7.81. The van der Waals surface area contributed by atoms with Crippen LogP contribution < -0.4 is 10.1 Å². The first-order chi connectivity index (χ1) is 10.3. The summed E-state index contributed by atoms with van der Waals surface area (Å²) in [5.41, 5.74) is 4.06. The van der Waals surface area contributed by atoms with Crippen molar-refractivity contribution in [2.75, 3.05) is 6.61 Å². The van der Waals surface area contributed by atoms with Gasteiger partial charge in [-0.2, -0.15) is 5.10 Å². The lowest BCUT2D eigenvalue weighted by atomic mass is 9.90. The highest BCUT2D eigenvalue weighted by Crippen LogP contribution is 2.36. The fraction of sp³-hybridized carbons (Fsp3) is 0.471. The molecule has 2 heterocycles. The minimum atomic E-state index is 0.381. The van der Waals surface area contributed by atoms with Gasteiger partial charge < -0.3 is 10.1 Å². The van der Waals surface area contributed by atoms with Gasteiger partial charge in [0.25, 0.3) is 0 Å². The summed E-state index contributed by atoms with van der Waals surface area (Å²) in [6, 6.07) is 9.18. The third-order valence-corrected chi connectivity index (χ3v) is 4.74. The van der Waals surface area contributed by atoms with Crippen LogP contribution in [0.5, 0.6) is 5.75 Å². The lowest BCUT2D eigenvalue weighted by Gasteiger charge is -2.32.